The molecule has 1 saturated carbocycles. The van der Waals surface area contributed by atoms with E-state index in [2.05, 4.69) is 9.97 Å². The van der Waals surface area contributed by atoms with Crippen LogP contribution in [0.4, 0.5) is 8.78 Å². The summed E-state index contributed by atoms with van der Waals surface area (Å²) in [7, 11) is 0. The van der Waals surface area contributed by atoms with Crippen molar-refractivity contribution in [2.45, 2.75) is 18.8 Å². The van der Waals surface area contributed by atoms with Crippen molar-refractivity contribution in [2.24, 2.45) is 0 Å². The Kier molecular flexibility index (Phi) is 2.36. The molecule has 1 fully saturated rings. The number of halogens is 2. The van der Waals surface area contributed by atoms with Gasteiger partial charge in [-0.05, 0) is 36.5 Å². The van der Waals surface area contributed by atoms with Crippen molar-refractivity contribution in [3.8, 4) is 5.69 Å². The van der Waals surface area contributed by atoms with Crippen molar-refractivity contribution < 1.29 is 8.78 Å². The number of aromatic nitrogens is 3. The number of fused-ring (bicyclic) bond motifs is 1. The van der Waals surface area contributed by atoms with E-state index in [0.29, 0.717) is 17.3 Å². The third-order valence-corrected chi connectivity index (χ3v) is 3.64. The molecule has 2 heterocycles. The fourth-order valence-electron chi connectivity index (χ4n) is 2.58. The second-order valence-electron chi connectivity index (χ2n) is 5.12. The molecule has 3 aromatic rings. The zero-order valence-electron chi connectivity index (χ0n) is 10.6. The maximum atomic E-state index is 13.4. The minimum absolute atomic E-state index is 0.443. The Morgan fingerprint density at radius 3 is 2.55 bits per heavy atom. The third-order valence-electron chi connectivity index (χ3n) is 3.64. The van der Waals surface area contributed by atoms with Gasteiger partial charge >= 0.3 is 0 Å². The van der Waals surface area contributed by atoms with Gasteiger partial charge in [-0.3, -0.25) is 0 Å². The van der Waals surface area contributed by atoms with E-state index >= 15 is 0 Å². The summed E-state index contributed by atoms with van der Waals surface area (Å²) in [5, 5.41) is 0.958. The van der Waals surface area contributed by atoms with Crippen molar-refractivity contribution in [2.75, 3.05) is 0 Å². The molecule has 1 aliphatic rings. The van der Waals surface area contributed by atoms with Gasteiger partial charge in [0, 0.05) is 23.8 Å². The SMILES string of the molecule is Fc1cc(F)cc(-n2cc(C3CC3)c3cncnc32)c1. The Morgan fingerprint density at radius 1 is 1.10 bits per heavy atom. The average molecular weight is 271 g/mol. The van der Waals surface area contributed by atoms with Crippen LogP contribution in [-0.4, -0.2) is 14.5 Å². The summed E-state index contributed by atoms with van der Waals surface area (Å²) in [6, 6.07) is 3.48. The lowest BCUT2D eigenvalue weighted by Crippen LogP contribution is -1.96. The van der Waals surface area contributed by atoms with Crippen LogP contribution in [0, 0.1) is 11.6 Å². The predicted molar refractivity (Wildman–Crippen MR) is 70.8 cm³/mol. The molecule has 2 aromatic heterocycles. The van der Waals surface area contributed by atoms with Gasteiger partial charge in [0.25, 0.3) is 0 Å². The first-order chi connectivity index (χ1) is 9.72. The van der Waals surface area contributed by atoms with Gasteiger partial charge in [0.05, 0.1) is 5.69 Å². The number of rotatable bonds is 2. The molecule has 0 saturated heterocycles. The summed E-state index contributed by atoms with van der Waals surface area (Å²) in [5.41, 5.74) is 2.29. The zero-order valence-corrected chi connectivity index (χ0v) is 10.6. The molecule has 5 heteroatoms. The average Bonchev–Trinajstić information content (AvgIpc) is 3.18. The molecule has 100 valence electrons. The summed E-state index contributed by atoms with van der Waals surface area (Å²) in [5.74, 6) is -0.670. The van der Waals surface area contributed by atoms with Crippen LogP contribution in [0.3, 0.4) is 0 Å². The van der Waals surface area contributed by atoms with Gasteiger partial charge in [-0.15, -0.1) is 0 Å². The monoisotopic (exact) mass is 271 g/mol. The van der Waals surface area contributed by atoms with Crippen LogP contribution in [0.25, 0.3) is 16.7 Å². The predicted octanol–water partition coefficient (Wildman–Crippen LogP) is 3.58. The summed E-state index contributed by atoms with van der Waals surface area (Å²) in [6.45, 7) is 0. The largest absolute Gasteiger partial charge is 0.301 e. The molecule has 0 N–H and O–H groups in total. The molecule has 0 bridgehead atoms. The third kappa shape index (κ3) is 1.78. The fourth-order valence-corrected chi connectivity index (χ4v) is 2.58. The number of benzene rings is 1. The minimum atomic E-state index is -0.594. The number of hydrogen-bond acceptors (Lipinski definition) is 2. The van der Waals surface area contributed by atoms with E-state index in [1.807, 2.05) is 6.20 Å². The highest BCUT2D eigenvalue weighted by atomic mass is 19.1. The normalized spacial score (nSPS) is 14.9. The molecule has 0 radical (unpaired) electrons. The van der Waals surface area contributed by atoms with E-state index in [1.54, 1.807) is 10.8 Å². The van der Waals surface area contributed by atoms with E-state index < -0.39 is 11.6 Å². The van der Waals surface area contributed by atoms with Crippen LogP contribution < -0.4 is 0 Å². The van der Waals surface area contributed by atoms with Gasteiger partial charge in [-0.2, -0.15) is 0 Å². The quantitative estimate of drug-likeness (QED) is 0.713. The van der Waals surface area contributed by atoms with E-state index in [1.165, 1.54) is 18.5 Å². The maximum Gasteiger partial charge on any atom is 0.148 e. The van der Waals surface area contributed by atoms with Crippen molar-refractivity contribution in [3.05, 3.63) is 54.1 Å². The second kappa shape index (κ2) is 4.10. The molecule has 1 aromatic carbocycles. The Balaban J connectivity index is 1.99. The molecular weight excluding hydrogens is 260 g/mol. The highest BCUT2D eigenvalue weighted by Gasteiger charge is 2.28. The first-order valence-corrected chi connectivity index (χ1v) is 6.50. The van der Waals surface area contributed by atoms with Crippen LogP contribution in [0.5, 0.6) is 0 Å². The smallest absolute Gasteiger partial charge is 0.148 e. The lowest BCUT2D eigenvalue weighted by atomic mass is 10.2. The van der Waals surface area contributed by atoms with Crippen molar-refractivity contribution in [1.29, 1.82) is 0 Å². The molecule has 0 aliphatic heterocycles. The van der Waals surface area contributed by atoms with Gasteiger partial charge in [0.15, 0.2) is 0 Å². The van der Waals surface area contributed by atoms with Crippen molar-refractivity contribution in [1.82, 2.24) is 14.5 Å². The van der Waals surface area contributed by atoms with Crippen LogP contribution in [0.2, 0.25) is 0 Å². The summed E-state index contributed by atoms with van der Waals surface area (Å²) >= 11 is 0. The van der Waals surface area contributed by atoms with E-state index in [4.69, 9.17) is 0 Å². The van der Waals surface area contributed by atoms with E-state index in [9.17, 15) is 8.78 Å². The minimum Gasteiger partial charge on any atom is -0.301 e. The van der Waals surface area contributed by atoms with Gasteiger partial charge in [0.2, 0.25) is 0 Å². The molecule has 20 heavy (non-hydrogen) atoms. The molecule has 0 spiro atoms. The lowest BCUT2D eigenvalue weighted by molar-refractivity contribution is 0.582. The molecular formula is C15H11F2N3. The number of nitrogens with zero attached hydrogens (tertiary/aromatic N) is 3. The Hall–Kier alpha value is -2.30. The van der Waals surface area contributed by atoms with Crippen molar-refractivity contribution in [3.63, 3.8) is 0 Å². The van der Waals surface area contributed by atoms with Crippen LogP contribution in [-0.2, 0) is 0 Å². The Morgan fingerprint density at radius 2 is 1.85 bits per heavy atom. The topological polar surface area (TPSA) is 30.7 Å². The second-order valence-corrected chi connectivity index (χ2v) is 5.12. The first-order valence-electron chi connectivity index (χ1n) is 6.50. The molecule has 0 unspecified atom stereocenters. The van der Waals surface area contributed by atoms with Gasteiger partial charge in [-0.1, -0.05) is 0 Å². The summed E-state index contributed by atoms with van der Waals surface area (Å²) in [4.78, 5) is 8.31. The fraction of sp³-hybridized carbons (Fsp3) is 0.200. The molecule has 1 aliphatic carbocycles. The van der Waals surface area contributed by atoms with Gasteiger partial charge < -0.3 is 4.57 Å². The highest BCUT2D eigenvalue weighted by Crippen LogP contribution is 2.43. The standard InChI is InChI=1S/C15H11F2N3/c16-10-3-11(17)5-12(4-10)20-7-14(9-1-2-9)13-6-18-8-19-15(13)20/h3-9H,1-2H2. The van der Waals surface area contributed by atoms with Crippen molar-refractivity contribution >= 4 is 11.0 Å². The highest BCUT2D eigenvalue weighted by molar-refractivity contribution is 5.82. The summed E-state index contributed by atoms with van der Waals surface area (Å²) in [6.07, 6.45) is 7.43. The van der Waals surface area contributed by atoms with Crippen LogP contribution in [0.1, 0.15) is 24.3 Å². The van der Waals surface area contributed by atoms with Crippen LogP contribution in [0.15, 0.2) is 36.9 Å². The molecule has 3 nitrogen and oxygen atoms in total. The first kappa shape index (κ1) is 11.5. The zero-order chi connectivity index (χ0) is 13.7. The van der Waals surface area contributed by atoms with Crippen LogP contribution >= 0.6 is 0 Å². The molecule has 0 amide bonds. The molecule has 4 rings (SSSR count). The maximum absolute atomic E-state index is 13.4. The van der Waals surface area contributed by atoms with E-state index in [-0.39, 0.29) is 0 Å². The van der Waals surface area contributed by atoms with Gasteiger partial charge in [-0.25, -0.2) is 18.7 Å². The lowest BCUT2D eigenvalue weighted by Gasteiger charge is -2.04. The van der Waals surface area contributed by atoms with E-state index in [0.717, 1.165) is 29.9 Å². The number of hydrogen-bond donors (Lipinski definition) is 0. The Bertz CT molecular complexity index is 786. The Labute approximate surface area is 113 Å². The molecule has 0 atom stereocenters. The van der Waals surface area contributed by atoms with Gasteiger partial charge in [0.1, 0.15) is 23.6 Å². The summed E-state index contributed by atoms with van der Waals surface area (Å²) < 4.78 is 28.5.